The van der Waals surface area contributed by atoms with Crippen molar-refractivity contribution in [1.82, 2.24) is 15.0 Å². The third kappa shape index (κ3) is 6.91. The number of nitrogens with one attached hydrogen (secondary N) is 3. The molecule has 2 aromatic heterocycles. The summed E-state index contributed by atoms with van der Waals surface area (Å²) >= 11 is 6.37. The Morgan fingerprint density at radius 1 is 1.02 bits per heavy atom. The van der Waals surface area contributed by atoms with E-state index in [-0.39, 0.29) is 21.7 Å². The fourth-order valence-corrected chi connectivity index (χ4v) is 4.90. The molecule has 0 aliphatic carbocycles. The maximum Gasteiger partial charge on any atom is 0.247 e. The Bertz CT molecular complexity index is 1680. The van der Waals surface area contributed by atoms with E-state index in [0.717, 1.165) is 6.08 Å². The van der Waals surface area contributed by atoms with Gasteiger partial charge in [-0.2, -0.15) is 4.98 Å². The van der Waals surface area contributed by atoms with Crippen LogP contribution in [0, 0.1) is 0 Å². The van der Waals surface area contributed by atoms with Gasteiger partial charge in [0.25, 0.3) is 0 Å². The van der Waals surface area contributed by atoms with Gasteiger partial charge in [-0.3, -0.25) is 9.78 Å². The molecule has 0 spiro atoms. The topological polar surface area (TPSA) is 144 Å². The van der Waals surface area contributed by atoms with Crippen molar-refractivity contribution in [3.05, 3.63) is 84.8 Å². The number of benzene rings is 2. The average molecular weight is 595 g/mol. The second-order valence-corrected chi connectivity index (χ2v) is 11.6. The number of halogens is 1. The van der Waals surface area contributed by atoms with E-state index in [2.05, 4.69) is 37.5 Å². The zero-order valence-electron chi connectivity index (χ0n) is 22.4. The molecular weight excluding hydrogens is 568 g/mol. The third-order valence-electron chi connectivity index (χ3n) is 5.68. The van der Waals surface area contributed by atoms with Crippen LogP contribution in [0.5, 0.6) is 17.2 Å². The molecule has 0 unspecified atom stereocenters. The minimum absolute atomic E-state index is 0.114. The molecule has 2 heterocycles. The van der Waals surface area contributed by atoms with Crippen LogP contribution in [0.25, 0.3) is 0 Å². The van der Waals surface area contributed by atoms with Crippen LogP contribution in [-0.4, -0.2) is 41.6 Å². The average Bonchev–Trinajstić information content (AvgIpc) is 2.96. The number of carbonyl (C=O) groups excluding carboxylic acids is 1. The summed E-state index contributed by atoms with van der Waals surface area (Å²) < 4.78 is 37.3. The van der Waals surface area contributed by atoms with Crippen molar-refractivity contribution in [2.45, 2.75) is 24.0 Å². The van der Waals surface area contributed by atoms with Gasteiger partial charge in [-0.15, -0.1) is 0 Å². The summed E-state index contributed by atoms with van der Waals surface area (Å²) in [7, 11) is -2.12. The molecule has 0 saturated heterocycles. The zero-order valence-corrected chi connectivity index (χ0v) is 24.0. The van der Waals surface area contributed by atoms with Gasteiger partial charge in [-0.05, 0) is 50.3 Å². The first-order valence-electron chi connectivity index (χ1n) is 12.2. The number of rotatable bonds is 11. The monoisotopic (exact) mass is 594 g/mol. The van der Waals surface area contributed by atoms with Crippen LogP contribution in [0.1, 0.15) is 13.8 Å². The molecule has 0 aliphatic rings. The first kappa shape index (κ1) is 29.3. The van der Waals surface area contributed by atoms with Crippen molar-refractivity contribution in [3.8, 4) is 17.2 Å². The maximum atomic E-state index is 12.9. The van der Waals surface area contributed by atoms with Crippen LogP contribution < -0.4 is 25.4 Å². The quantitative estimate of drug-likeness (QED) is 0.174. The number of carbonyl (C=O) groups is 1. The lowest BCUT2D eigenvalue weighted by molar-refractivity contribution is -0.111. The molecule has 212 valence electrons. The van der Waals surface area contributed by atoms with E-state index in [9.17, 15) is 13.2 Å². The Kier molecular flexibility index (Phi) is 9.05. The number of sulfone groups is 1. The Morgan fingerprint density at radius 3 is 2.44 bits per heavy atom. The normalized spacial score (nSPS) is 11.0. The molecule has 13 heteroatoms. The van der Waals surface area contributed by atoms with E-state index in [1.165, 1.54) is 19.4 Å². The van der Waals surface area contributed by atoms with Crippen molar-refractivity contribution >= 4 is 56.2 Å². The first-order valence-corrected chi connectivity index (χ1v) is 14.2. The lowest BCUT2D eigenvalue weighted by Crippen LogP contribution is -2.15. The molecule has 0 atom stereocenters. The number of methoxy groups -OCH3 is 1. The Morgan fingerprint density at radius 2 is 1.76 bits per heavy atom. The molecule has 4 aromatic rings. The lowest BCUT2D eigenvalue weighted by atomic mass is 10.2. The highest BCUT2D eigenvalue weighted by Crippen LogP contribution is 2.40. The SMILES string of the molecule is C=CC(=O)Nc1cc(Nc2ncc(Cl)c(Nc3ccccc3S(=O)(=O)C(C)C)n2)c(OC)cc1Oc1ccncc1. The molecule has 1 amide bonds. The van der Waals surface area contributed by atoms with Crippen molar-refractivity contribution in [2.24, 2.45) is 0 Å². The van der Waals surface area contributed by atoms with Gasteiger partial charge in [0.05, 0.1) is 40.5 Å². The molecule has 41 heavy (non-hydrogen) atoms. The first-order chi connectivity index (χ1) is 19.6. The lowest BCUT2D eigenvalue weighted by Gasteiger charge is -2.18. The number of para-hydroxylation sites is 1. The zero-order chi connectivity index (χ0) is 29.6. The number of hydrogen-bond acceptors (Lipinski definition) is 10. The second kappa shape index (κ2) is 12.7. The van der Waals surface area contributed by atoms with E-state index < -0.39 is 21.0 Å². The number of ether oxygens (including phenoxy) is 2. The van der Waals surface area contributed by atoms with Gasteiger partial charge in [-0.25, -0.2) is 13.4 Å². The highest BCUT2D eigenvalue weighted by Gasteiger charge is 2.23. The van der Waals surface area contributed by atoms with Crippen LogP contribution in [0.4, 0.5) is 28.8 Å². The van der Waals surface area contributed by atoms with Gasteiger partial charge in [0.15, 0.2) is 21.4 Å². The molecule has 0 fully saturated rings. The van der Waals surface area contributed by atoms with Crippen molar-refractivity contribution < 1.29 is 22.7 Å². The summed E-state index contributed by atoms with van der Waals surface area (Å²) in [5.74, 6) is 0.983. The van der Waals surface area contributed by atoms with Gasteiger partial charge in [0.1, 0.15) is 16.5 Å². The molecule has 2 aromatic carbocycles. The summed E-state index contributed by atoms with van der Waals surface area (Å²) in [5.41, 5.74) is 1.03. The Labute approximate surface area is 242 Å². The molecule has 0 aliphatic heterocycles. The fraction of sp³-hybridized carbons (Fsp3) is 0.143. The largest absolute Gasteiger partial charge is 0.494 e. The summed E-state index contributed by atoms with van der Waals surface area (Å²) in [5, 5.41) is 8.32. The minimum Gasteiger partial charge on any atom is -0.494 e. The highest BCUT2D eigenvalue weighted by molar-refractivity contribution is 7.92. The molecule has 11 nitrogen and oxygen atoms in total. The van der Waals surface area contributed by atoms with Gasteiger partial charge < -0.3 is 25.4 Å². The smallest absolute Gasteiger partial charge is 0.247 e. The van der Waals surface area contributed by atoms with Crippen LogP contribution >= 0.6 is 11.6 Å². The number of nitrogens with zero attached hydrogens (tertiary/aromatic N) is 3. The van der Waals surface area contributed by atoms with Crippen LogP contribution in [0.15, 0.2) is 84.7 Å². The summed E-state index contributed by atoms with van der Waals surface area (Å²) in [6.07, 6.45) is 5.65. The molecule has 0 bridgehead atoms. The predicted molar refractivity (Wildman–Crippen MR) is 159 cm³/mol. The summed E-state index contributed by atoms with van der Waals surface area (Å²) in [4.78, 5) is 24.9. The Hall–Kier alpha value is -4.68. The van der Waals surface area contributed by atoms with E-state index in [4.69, 9.17) is 21.1 Å². The minimum atomic E-state index is -3.59. The van der Waals surface area contributed by atoms with Crippen LogP contribution in [-0.2, 0) is 14.6 Å². The van der Waals surface area contributed by atoms with Gasteiger partial charge in [-0.1, -0.05) is 30.3 Å². The Balaban J connectivity index is 1.69. The summed E-state index contributed by atoms with van der Waals surface area (Å²) in [6.45, 7) is 6.72. The van der Waals surface area contributed by atoms with Crippen molar-refractivity contribution in [1.29, 1.82) is 0 Å². The highest BCUT2D eigenvalue weighted by atomic mass is 35.5. The van der Waals surface area contributed by atoms with E-state index in [1.54, 1.807) is 68.7 Å². The van der Waals surface area contributed by atoms with E-state index in [1.807, 2.05) is 0 Å². The predicted octanol–water partition coefficient (Wildman–Crippen LogP) is 6.12. The standard InChI is InChI=1S/C28H27ClN6O5S/c1-5-26(36)32-22-14-21(23(39-4)15-24(22)40-18-10-12-30-13-11-18)34-28-31-16-19(29)27(35-28)33-20-8-6-7-9-25(20)41(37,38)17(2)3/h5-17H,1H2,2-4H3,(H,32,36)(H2,31,33,34,35). The van der Waals surface area contributed by atoms with Crippen LogP contribution in [0.2, 0.25) is 5.02 Å². The second-order valence-electron chi connectivity index (χ2n) is 8.76. The van der Waals surface area contributed by atoms with Gasteiger partial charge in [0, 0.05) is 18.5 Å². The van der Waals surface area contributed by atoms with Crippen molar-refractivity contribution in [2.75, 3.05) is 23.1 Å². The van der Waals surface area contributed by atoms with Crippen LogP contribution in [0.3, 0.4) is 0 Å². The number of amides is 1. The summed E-state index contributed by atoms with van der Waals surface area (Å²) in [6, 6.07) is 13.0. The third-order valence-corrected chi connectivity index (χ3v) is 8.17. The number of pyridine rings is 1. The van der Waals surface area contributed by atoms with E-state index in [0.29, 0.717) is 34.3 Å². The molecule has 0 saturated carbocycles. The van der Waals surface area contributed by atoms with E-state index >= 15 is 0 Å². The maximum absolute atomic E-state index is 12.9. The molecule has 3 N–H and O–H groups in total. The fourth-order valence-electron chi connectivity index (χ4n) is 3.56. The van der Waals surface area contributed by atoms with Gasteiger partial charge in [0.2, 0.25) is 11.9 Å². The number of anilines is 5. The van der Waals surface area contributed by atoms with Crippen molar-refractivity contribution in [3.63, 3.8) is 0 Å². The van der Waals surface area contributed by atoms with Gasteiger partial charge >= 0.3 is 0 Å². The molecular formula is C28H27ClN6O5S. The number of aromatic nitrogens is 3. The molecule has 0 radical (unpaired) electrons. The molecule has 4 rings (SSSR count). The number of hydrogen-bond donors (Lipinski definition) is 3.